The highest BCUT2D eigenvalue weighted by molar-refractivity contribution is 6.05. The number of nitrogens with one attached hydrogen (secondary N) is 3. The summed E-state index contributed by atoms with van der Waals surface area (Å²) >= 11 is 0. The molecule has 0 radical (unpaired) electrons. The Hall–Kier alpha value is -3.69. The number of aryl methyl sites for hydroxylation is 2. The van der Waals surface area contributed by atoms with Gasteiger partial charge in [0, 0.05) is 43.0 Å². The van der Waals surface area contributed by atoms with Crippen LogP contribution >= 0.6 is 0 Å². The van der Waals surface area contributed by atoms with Crippen molar-refractivity contribution in [3.63, 3.8) is 0 Å². The van der Waals surface area contributed by atoms with Crippen LogP contribution in [-0.4, -0.2) is 58.9 Å². The summed E-state index contributed by atoms with van der Waals surface area (Å²) in [7, 11) is 5.79. The van der Waals surface area contributed by atoms with Crippen LogP contribution in [0.25, 0.3) is 11.3 Å². The fourth-order valence-electron chi connectivity index (χ4n) is 3.47. The minimum atomic E-state index is -0.253. The number of rotatable bonds is 8. The molecule has 0 saturated heterocycles. The van der Waals surface area contributed by atoms with E-state index in [1.54, 1.807) is 30.0 Å². The highest BCUT2D eigenvalue weighted by Crippen LogP contribution is 2.18. The summed E-state index contributed by atoms with van der Waals surface area (Å²) in [4.78, 5) is 23.2. The van der Waals surface area contributed by atoms with Crippen molar-refractivity contribution >= 4 is 11.8 Å². The predicted octanol–water partition coefficient (Wildman–Crippen LogP) is 2.57. The Kier molecular flexibility index (Phi) is 8.04. The van der Waals surface area contributed by atoms with Crippen molar-refractivity contribution in [3.05, 3.63) is 81.2 Å². The molecule has 0 unspecified atom stereocenters. The second-order valence-corrected chi connectivity index (χ2v) is 8.38. The van der Waals surface area contributed by atoms with Gasteiger partial charge < -0.3 is 19.5 Å². The summed E-state index contributed by atoms with van der Waals surface area (Å²) in [6, 6.07) is 8.94. The van der Waals surface area contributed by atoms with Crippen LogP contribution in [0.4, 0.5) is 0 Å². The quantitative estimate of drug-likeness (QED) is 0.350. The molecule has 0 bridgehead atoms. The van der Waals surface area contributed by atoms with Gasteiger partial charge in [-0.05, 0) is 58.3 Å². The van der Waals surface area contributed by atoms with E-state index in [1.165, 1.54) is 6.07 Å². The van der Waals surface area contributed by atoms with Crippen LogP contribution < -0.4 is 10.9 Å². The zero-order valence-corrected chi connectivity index (χ0v) is 20.3. The molecule has 0 fully saturated rings. The third kappa shape index (κ3) is 6.00. The topological polar surface area (TPSA) is 120 Å². The number of pyridine rings is 1. The van der Waals surface area contributed by atoms with Crippen molar-refractivity contribution < 1.29 is 4.74 Å². The second kappa shape index (κ2) is 11.0. The molecule has 3 rings (SSSR count). The molecular weight excluding hydrogens is 430 g/mol. The third-order valence-corrected chi connectivity index (χ3v) is 5.36. The number of benzene rings is 1. The first kappa shape index (κ1) is 24.9. The molecule has 2 aromatic heterocycles. The molecule has 9 heteroatoms. The molecule has 178 valence electrons. The normalized spacial score (nSPS) is 11.0. The monoisotopic (exact) mass is 461 g/mol. The van der Waals surface area contributed by atoms with Crippen LogP contribution in [0.15, 0.2) is 47.5 Å². The summed E-state index contributed by atoms with van der Waals surface area (Å²) in [5.74, 6) is -0.376. The highest BCUT2D eigenvalue weighted by atomic mass is 16.5. The van der Waals surface area contributed by atoms with Gasteiger partial charge in [-0.1, -0.05) is 12.1 Å². The zero-order chi connectivity index (χ0) is 24.8. The summed E-state index contributed by atoms with van der Waals surface area (Å²) in [6.07, 6.45) is 3.36. The van der Waals surface area contributed by atoms with Gasteiger partial charge in [-0.15, -0.1) is 0 Å². The molecule has 3 aromatic rings. The number of likely N-dealkylation sites (N-methyl/N-ethyl adjacent to an activating group) is 1. The molecule has 34 heavy (non-hydrogen) atoms. The average molecular weight is 462 g/mol. The van der Waals surface area contributed by atoms with Crippen molar-refractivity contribution in [1.82, 2.24) is 24.8 Å². The van der Waals surface area contributed by atoms with Crippen LogP contribution in [0.5, 0.6) is 0 Å². The molecule has 0 aliphatic rings. The first-order chi connectivity index (χ1) is 16.2. The number of hydrogen-bond acceptors (Lipinski definition) is 8. The first-order valence-corrected chi connectivity index (χ1v) is 11.0. The molecule has 0 amide bonds. The average Bonchev–Trinajstić information content (AvgIpc) is 2.79. The maximum Gasteiger partial charge on any atom is 0.250 e. The molecular formula is C25H31N7O2. The summed E-state index contributed by atoms with van der Waals surface area (Å²) in [5, 5.41) is 19.9. The van der Waals surface area contributed by atoms with Crippen LogP contribution in [0.1, 0.15) is 28.1 Å². The van der Waals surface area contributed by atoms with Gasteiger partial charge in [-0.3, -0.25) is 20.6 Å². The lowest BCUT2D eigenvalue weighted by molar-refractivity contribution is 0.381. The SMILES string of the molecule is CNCc1ccc(C(=N)OC(=N)c2nc(-c3ccc(=O)n(CCN(C)C)c3)cnc2C)c(C)c1. The van der Waals surface area contributed by atoms with Gasteiger partial charge in [0.05, 0.1) is 17.6 Å². The Morgan fingerprint density at radius 2 is 1.91 bits per heavy atom. The lowest BCUT2D eigenvalue weighted by atomic mass is 10.0. The number of nitrogens with zero attached hydrogens (tertiary/aromatic N) is 4. The number of aromatic nitrogens is 3. The first-order valence-electron chi connectivity index (χ1n) is 11.0. The second-order valence-electron chi connectivity index (χ2n) is 8.38. The van der Waals surface area contributed by atoms with Crippen LogP contribution in [-0.2, 0) is 17.8 Å². The minimum absolute atomic E-state index is 0.0912. The Morgan fingerprint density at radius 3 is 2.59 bits per heavy atom. The van der Waals surface area contributed by atoms with Gasteiger partial charge in [-0.2, -0.15) is 0 Å². The Bertz CT molecular complexity index is 1260. The number of ether oxygens (including phenoxy) is 1. The van der Waals surface area contributed by atoms with Crippen molar-refractivity contribution in [3.8, 4) is 11.3 Å². The van der Waals surface area contributed by atoms with Crippen LogP contribution in [0.3, 0.4) is 0 Å². The van der Waals surface area contributed by atoms with E-state index >= 15 is 0 Å². The van der Waals surface area contributed by atoms with E-state index in [2.05, 4.69) is 15.3 Å². The van der Waals surface area contributed by atoms with Crippen molar-refractivity contribution in [1.29, 1.82) is 10.8 Å². The van der Waals surface area contributed by atoms with Gasteiger partial charge in [-0.25, -0.2) is 4.98 Å². The van der Waals surface area contributed by atoms with Gasteiger partial charge in [0.1, 0.15) is 5.69 Å². The lowest BCUT2D eigenvalue weighted by Gasteiger charge is -2.14. The van der Waals surface area contributed by atoms with Crippen molar-refractivity contribution in [2.24, 2.45) is 0 Å². The molecule has 2 heterocycles. The largest absolute Gasteiger partial charge is 0.419 e. The summed E-state index contributed by atoms with van der Waals surface area (Å²) in [6.45, 7) is 5.66. The van der Waals surface area contributed by atoms with E-state index in [0.29, 0.717) is 29.1 Å². The zero-order valence-electron chi connectivity index (χ0n) is 20.3. The fourth-order valence-corrected chi connectivity index (χ4v) is 3.47. The standard InChI is InChI=1S/C25H31N7O2/c1-16-12-18(13-28-3)6-8-20(16)24(26)34-25(27)23-17(2)29-14-21(30-23)19-7-9-22(33)32(15-19)11-10-31(4)5/h6-9,12,14-15,26-28H,10-11,13H2,1-5H3. The molecule has 0 aliphatic heterocycles. The maximum absolute atomic E-state index is 12.2. The van der Waals surface area contributed by atoms with E-state index in [-0.39, 0.29) is 23.0 Å². The molecule has 0 saturated carbocycles. The van der Waals surface area contributed by atoms with Gasteiger partial charge in [0.2, 0.25) is 11.8 Å². The maximum atomic E-state index is 12.2. The van der Waals surface area contributed by atoms with Gasteiger partial charge in [0.15, 0.2) is 0 Å². The fraction of sp³-hybridized carbons (Fsp3) is 0.320. The van der Waals surface area contributed by atoms with Crippen LogP contribution in [0.2, 0.25) is 0 Å². The highest BCUT2D eigenvalue weighted by Gasteiger charge is 2.17. The van der Waals surface area contributed by atoms with Gasteiger partial charge >= 0.3 is 0 Å². The smallest absolute Gasteiger partial charge is 0.250 e. The molecule has 0 atom stereocenters. The van der Waals surface area contributed by atoms with E-state index in [1.807, 2.05) is 51.2 Å². The summed E-state index contributed by atoms with van der Waals surface area (Å²) in [5.41, 5.74) is 4.51. The van der Waals surface area contributed by atoms with Crippen molar-refractivity contribution in [2.45, 2.75) is 26.9 Å². The molecule has 9 nitrogen and oxygen atoms in total. The molecule has 3 N–H and O–H groups in total. The molecule has 1 aromatic carbocycles. The Labute approximate surface area is 199 Å². The van der Waals surface area contributed by atoms with E-state index < -0.39 is 0 Å². The van der Waals surface area contributed by atoms with E-state index in [0.717, 1.165) is 24.2 Å². The molecule has 0 spiro atoms. The van der Waals surface area contributed by atoms with Crippen LogP contribution in [0, 0.1) is 24.7 Å². The molecule has 0 aliphatic carbocycles. The van der Waals surface area contributed by atoms with Gasteiger partial charge in [0.25, 0.3) is 5.56 Å². The predicted molar refractivity (Wildman–Crippen MR) is 134 cm³/mol. The minimum Gasteiger partial charge on any atom is -0.419 e. The number of hydrogen-bond donors (Lipinski definition) is 3. The van der Waals surface area contributed by atoms with E-state index in [9.17, 15) is 4.79 Å². The Balaban J connectivity index is 1.84. The lowest BCUT2D eigenvalue weighted by Crippen LogP contribution is -2.25. The van der Waals surface area contributed by atoms with Crippen molar-refractivity contribution in [2.75, 3.05) is 27.7 Å². The Morgan fingerprint density at radius 1 is 1.15 bits per heavy atom. The van der Waals surface area contributed by atoms with E-state index in [4.69, 9.17) is 15.6 Å². The third-order valence-electron chi connectivity index (χ3n) is 5.36. The summed E-state index contributed by atoms with van der Waals surface area (Å²) < 4.78 is 7.20.